The SMILES string of the molecule is CC(Cl)c1noc(Cc2ccc(C(F)(F)F)cc2)n1. The van der Waals surface area contributed by atoms with E-state index < -0.39 is 11.7 Å². The lowest BCUT2D eigenvalue weighted by Gasteiger charge is -2.06. The van der Waals surface area contributed by atoms with Crippen molar-refractivity contribution in [3.05, 3.63) is 47.1 Å². The van der Waals surface area contributed by atoms with Crippen molar-refractivity contribution in [1.82, 2.24) is 10.1 Å². The molecule has 0 saturated heterocycles. The van der Waals surface area contributed by atoms with E-state index in [0.29, 0.717) is 17.3 Å². The van der Waals surface area contributed by atoms with Crippen LogP contribution >= 0.6 is 11.6 Å². The number of alkyl halides is 4. The molecule has 7 heteroatoms. The van der Waals surface area contributed by atoms with Crippen LogP contribution in [0.4, 0.5) is 13.2 Å². The van der Waals surface area contributed by atoms with E-state index in [9.17, 15) is 13.2 Å². The zero-order valence-corrected chi connectivity index (χ0v) is 10.7. The van der Waals surface area contributed by atoms with Crippen molar-refractivity contribution in [3.63, 3.8) is 0 Å². The van der Waals surface area contributed by atoms with Gasteiger partial charge >= 0.3 is 6.18 Å². The van der Waals surface area contributed by atoms with Crippen LogP contribution in [0.5, 0.6) is 0 Å². The summed E-state index contributed by atoms with van der Waals surface area (Å²) in [5.74, 6) is 0.686. The Balaban J connectivity index is 2.11. The highest BCUT2D eigenvalue weighted by Crippen LogP contribution is 2.29. The Morgan fingerprint density at radius 3 is 2.37 bits per heavy atom. The molecule has 19 heavy (non-hydrogen) atoms. The van der Waals surface area contributed by atoms with E-state index in [-0.39, 0.29) is 11.8 Å². The molecule has 0 radical (unpaired) electrons. The second-order valence-corrected chi connectivity index (χ2v) is 4.69. The monoisotopic (exact) mass is 290 g/mol. The predicted molar refractivity (Wildman–Crippen MR) is 62.8 cm³/mol. The van der Waals surface area contributed by atoms with Crippen molar-refractivity contribution in [2.75, 3.05) is 0 Å². The van der Waals surface area contributed by atoms with Gasteiger partial charge in [-0.25, -0.2) is 0 Å². The molecule has 2 rings (SSSR count). The Kier molecular flexibility index (Phi) is 3.80. The van der Waals surface area contributed by atoms with Crippen LogP contribution in [0.2, 0.25) is 0 Å². The third-order valence-corrected chi connectivity index (χ3v) is 2.67. The van der Waals surface area contributed by atoms with E-state index in [1.165, 1.54) is 12.1 Å². The Labute approximate surface area is 112 Å². The number of hydrogen-bond acceptors (Lipinski definition) is 3. The first-order valence-corrected chi connectivity index (χ1v) is 5.92. The minimum Gasteiger partial charge on any atom is -0.339 e. The summed E-state index contributed by atoms with van der Waals surface area (Å²) in [5.41, 5.74) is -0.0257. The number of benzene rings is 1. The first kappa shape index (κ1) is 13.9. The van der Waals surface area contributed by atoms with Crippen molar-refractivity contribution in [1.29, 1.82) is 0 Å². The molecule has 0 fully saturated rings. The molecule has 0 saturated carbocycles. The molecule has 1 heterocycles. The first-order chi connectivity index (χ1) is 8.86. The molecule has 0 aliphatic carbocycles. The number of nitrogens with zero attached hydrogens (tertiary/aromatic N) is 2. The molecule has 2 aromatic rings. The minimum atomic E-state index is -4.33. The van der Waals surface area contributed by atoms with Gasteiger partial charge in [-0.1, -0.05) is 17.3 Å². The summed E-state index contributed by atoms with van der Waals surface area (Å²) in [6.07, 6.45) is -4.06. The van der Waals surface area contributed by atoms with E-state index in [4.69, 9.17) is 16.1 Å². The van der Waals surface area contributed by atoms with Crippen LogP contribution < -0.4 is 0 Å². The highest BCUT2D eigenvalue weighted by Gasteiger charge is 2.29. The van der Waals surface area contributed by atoms with Crippen molar-refractivity contribution >= 4 is 11.6 Å². The van der Waals surface area contributed by atoms with Crippen LogP contribution in [0.25, 0.3) is 0 Å². The van der Waals surface area contributed by atoms with E-state index in [2.05, 4.69) is 10.1 Å². The lowest BCUT2D eigenvalue weighted by molar-refractivity contribution is -0.137. The predicted octanol–water partition coefficient (Wildman–Crippen LogP) is 3.98. The molecule has 0 amide bonds. The van der Waals surface area contributed by atoms with Gasteiger partial charge < -0.3 is 4.52 Å². The molecule has 0 aliphatic rings. The third kappa shape index (κ3) is 3.47. The summed E-state index contributed by atoms with van der Waals surface area (Å²) in [7, 11) is 0. The molecule has 0 spiro atoms. The molecule has 1 atom stereocenters. The standard InChI is InChI=1S/C12H10ClF3N2O/c1-7(13)11-17-10(19-18-11)6-8-2-4-9(5-3-8)12(14,15)16/h2-5,7H,6H2,1H3. The number of hydrogen-bond donors (Lipinski definition) is 0. The van der Waals surface area contributed by atoms with Gasteiger partial charge in [-0.3, -0.25) is 0 Å². The lowest BCUT2D eigenvalue weighted by atomic mass is 10.1. The topological polar surface area (TPSA) is 38.9 Å². The maximum absolute atomic E-state index is 12.4. The smallest absolute Gasteiger partial charge is 0.339 e. The van der Waals surface area contributed by atoms with Gasteiger partial charge in [0.1, 0.15) is 0 Å². The van der Waals surface area contributed by atoms with Gasteiger partial charge in [0.15, 0.2) is 5.82 Å². The van der Waals surface area contributed by atoms with Gasteiger partial charge in [-0.05, 0) is 24.6 Å². The van der Waals surface area contributed by atoms with E-state index >= 15 is 0 Å². The summed E-state index contributed by atoms with van der Waals surface area (Å²) < 4.78 is 42.1. The van der Waals surface area contributed by atoms with Crippen LogP contribution in [-0.4, -0.2) is 10.1 Å². The summed E-state index contributed by atoms with van der Waals surface area (Å²) in [4.78, 5) is 4.04. The Morgan fingerprint density at radius 1 is 1.26 bits per heavy atom. The van der Waals surface area contributed by atoms with Gasteiger partial charge in [-0.15, -0.1) is 11.6 Å². The Morgan fingerprint density at radius 2 is 1.89 bits per heavy atom. The zero-order chi connectivity index (χ0) is 14.0. The molecule has 3 nitrogen and oxygen atoms in total. The molecule has 0 N–H and O–H groups in total. The second kappa shape index (κ2) is 5.21. The van der Waals surface area contributed by atoms with Crippen LogP contribution in [0, 0.1) is 0 Å². The lowest BCUT2D eigenvalue weighted by Crippen LogP contribution is -2.04. The molecule has 0 aliphatic heterocycles. The number of aromatic nitrogens is 2. The van der Waals surface area contributed by atoms with Crippen LogP contribution in [0.3, 0.4) is 0 Å². The Hall–Kier alpha value is -1.56. The largest absolute Gasteiger partial charge is 0.416 e. The number of rotatable bonds is 3. The average Bonchev–Trinajstić information content (AvgIpc) is 2.77. The van der Waals surface area contributed by atoms with Gasteiger partial charge in [0.25, 0.3) is 0 Å². The molecular formula is C12H10ClF3N2O. The van der Waals surface area contributed by atoms with Gasteiger partial charge in [0, 0.05) is 0 Å². The van der Waals surface area contributed by atoms with Crippen LogP contribution in [-0.2, 0) is 12.6 Å². The summed E-state index contributed by atoms with van der Waals surface area (Å²) in [6.45, 7) is 1.70. The third-order valence-electron chi connectivity index (χ3n) is 2.48. The van der Waals surface area contributed by atoms with Gasteiger partial charge in [0.2, 0.25) is 5.89 Å². The summed E-state index contributed by atoms with van der Waals surface area (Å²) in [6, 6.07) is 4.82. The fourth-order valence-corrected chi connectivity index (χ4v) is 1.58. The quantitative estimate of drug-likeness (QED) is 0.803. The first-order valence-electron chi connectivity index (χ1n) is 5.49. The van der Waals surface area contributed by atoms with Crippen molar-refractivity contribution in [2.45, 2.75) is 24.9 Å². The normalized spacial score (nSPS) is 13.5. The van der Waals surface area contributed by atoms with Crippen molar-refractivity contribution in [2.24, 2.45) is 0 Å². The van der Waals surface area contributed by atoms with E-state index in [1.807, 2.05) is 0 Å². The minimum absolute atomic E-state index is 0.273. The average molecular weight is 291 g/mol. The fraction of sp³-hybridized carbons (Fsp3) is 0.333. The highest BCUT2D eigenvalue weighted by molar-refractivity contribution is 6.20. The van der Waals surface area contributed by atoms with E-state index in [0.717, 1.165) is 12.1 Å². The van der Waals surface area contributed by atoms with Gasteiger partial charge in [0.05, 0.1) is 17.4 Å². The fourth-order valence-electron chi connectivity index (χ4n) is 1.49. The zero-order valence-electron chi connectivity index (χ0n) is 9.91. The number of halogens is 4. The van der Waals surface area contributed by atoms with Crippen molar-refractivity contribution in [3.8, 4) is 0 Å². The van der Waals surface area contributed by atoms with Crippen molar-refractivity contribution < 1.29 is 17.7 Å². The highest BCUT2D eigenvalue weighted by atomic mass is 35.5. The Bertz CT molecular complexity index is 549. The van der Waals surface area contributed by atoms with Crippen LogP contribution in [0.15, 0.2) is 28.8 Å². The molecule has 1 aromatic carbocycles. The molecule has 1 unspecified atom stereocenters. The molecule has 0 bridgehead atoms. The van der Waals surface area contributed by atoms with E-state index in [1.54, 1.807) is 6.92 Å². The summed E-state index contributed by atoms with van der Waals surface area (Å²) in [5, 5.41) is 3.30. The summed E-state index contributed by atoms with van der Waals surface area (Å²) >= 11 is 5.78. The maximum atomic E-state index is 12.4. The maximum Gasteiger partial charge on any atom is 0.416 e. The molecule has 102 valence electrons. The molecular weight excluding hydrogens is 281 g/mol. The molecule has 1 aromatic heterocycles. The van der Waals surface area contributed by atoms with Crippen LogP contribution in [0.1, 0.15) is 35.1 Å². The van der Waals surface area contributed by atoms with Gasteiger partial charge in [-0.2, -0.15) is 18.2 Å². The second-order valence-electron chi connectivity index (χ2n) is 4.03.